The number of carbonyl (C=O) groups excluding carboxylic acids is 3. The zero-order chi connectivity index (χ0) is 21.6. The van der Waals surface area contributed by atoms with Gasteiger partial charge in [-0.3, -0.25) is 14.4 Å². The van der Waals surface area contributed by atoms with E-state index in [0.29, 0.717) is 25.1 Å². The van der Waals surface area contributed by atoms with Crippen LogP contribution in [-0.4, -0.2) is 86.1 Å². The van der Waals surface area contributed by atoms with Crippen molar-refractivity contribution >= 4 is 23.7 Å². The summed E-state index contributed by atoms with van der Waals surface area (Å²) < 4.78 is 0. The summed E-state index contributed by atoms with van der Waals surface area (Å²) in [4.78, 5) is 56.7. The number of likely N-dealkylation sites (tertiary alicyclic amines) is 1. The summed E-state index contributed by atoms with van der Waals surface area (Å²) in [7, 11) is 0. The zero-order valence-corrected chi connectivity index (χ0v) is 16.0. The molecule has 4 atom stereocenters. The standard InChI is InChI=1S/C17H26N6O6/c1-9(24)14(17(28)29)22-15(26)11(5-10-7-19-8-20-10)21-16(27)12-3-2-4-23(12)13(25)6-18/h7-9,11-12,14,24H,2-6,18H2,1H3,(H,19,20)(H,21,27)(H,22,26)(H,28,29). The Labute approximate surface area is 166 Å². The second-order valence-electron chi connectivity index (χ2n) is 6.86. The third-order valence-electron chi connectivity index (χ3n) is 4.71. The molecule has 160 valence electrons. The van der Waals surface area contributed by atoms with Gasteiger partial charge in [0.1, 0.15) is 12.1 Å². The van der Waals surface area contributed by atoms with E-state index in [1.54, 1.807) is 0 Å². The Morgan fingerprint density at radius 3 is 2.66 bits per heavy atom. The van der Waals surface area contributed by atoms with Crippen molar-refractivity contribution < 1.29 is 29.4 Å². The van der Waals surface area contributed by atoms with Crippen molar-refractivity contribution in [3.63, 3.8) is 0 Å². The van der Waals surface area contributed by atoms with Gasteiger partial charge in [-0.2, -0.15) is 0 Å². The van der Waals surface area contributed by atoms with E-state index >= 15 is 0 Å². The van der Waals surface area contributed by atoms with E-state index in [1.807, 2.05) is 0 Å². The van der Waals surface area contributed by atoms with E-state index in [2.05, 4.69) is 20.6 Å². The summed E-state index contributed by atoms with van der Waals surface area (Å²) in [6.07, 6.45) is 2.61. The average molecular weight is 410 g/mol. The molecular weight excluding hydrogens is 384 g/mol. The lowest BCUT2D eigenvalue weighted by molar-refractivity contribution is -0.145. The molecule has 2 heterocycles. The third kappa shape index (κ3) is 5.74. The number of nitrogens with one attached hydrogen (secondary N) is 3. The van der Waals surface area contributed by atoms with Gasteiger partial charge in [0.25, 0.3) is 0 Å². The molecule has 2 rings (SSSR count). The van der Waals surface area contributed by atoms with Crippen LogP contribution >= 0.6 is 0 Å². The fraction of sp³-hybridized carbons (Fsp3) is 0.588. The van der Waals surface area contributed by atoms with Gasteiger partial charge in [0.15, 0.2) is 6.04 Å². The highest BCUT2D eigenvalue weighted by Gasteiger charge is 2.36. The second-order valence-corrected chi connectivity index (χ2v) is 6.86. The number of carbonyl (C=O) groups is 4. The van der Waals surface area contributed by atoms with Gasteiger partial charge in [-0.05, 0) is 19.8 Å². The van der Waals surface area contributed by atoms with E-state index < -0.39 is 42.0 Å². The molecule has 0 radical (unpaired) electrons. The summed E-state index contributed by atoms with van der Waals surface area (Å²) in [6, 6.07) is -3.43. The first-order valence-corrected chi connectivity index (χ1v) is 9.23. The van der Waals surface area contributed by atoms with Gasteiger partial charge in [0.2, 0.25) is 17.7 Å². The van der Waals surface area contributed by atoms with Crippen molar-refractivity contribution in [2.45, 2.75) is 50.4 Å². The summed E-state index contributed by atoms with van der Waals surface area (Å²) in [5, 5.41) is 23.6. The quantitative estimate of drug-likeness (QED) is 0.254. The number of H-pyrrole nitrogens is 1. The van der Waals surface area contributed by atoms with Gasteiger partial charge in [-0.1, -0.05) is 0 Å². The Hall–Kier alpha value is -2.99. The normalized spacial score (nSPS) is 19.3. The predicted molar refractivity (Wildman–Crippen MR) is 99.3 cm³/mol. The number of aromatic amines is 1. The topological polar surface area (TPSA) is 191 Å². The molecule has 1 aromatic heterocycles. The second kappa shape index (κ2) is 9.98. The van der Waals surface area contributed by atoms with Crippen molar-refractivity contribution in [2.24, 2.45) is 5.73 Å². The number of imidazole rings is 1. The Morgan fingerprint density at radius 2 is 2.10 bits per heavy atom. The van der Waals surface area contributed by atoms with Crippen LogP contribution in [0.3, 0.4) is 0 Å². The number of aliphatic hydroxyl groups excluding tert-OH is 1. The lowest BCUT2D eigenvalue weighted by atomic mass is 10.1. The molecule has 0 aliphatic carbocycles. The molecule has 1 aliphatic heterocycles. The van der Waals surface area contributed by atoms with Crippen LogP contribution in [0.25, 0.3) is 0 Å². The summed E-state index contributed by atoms with van der Waals surface area (Å²) in [5.74, 6) is -3.09. The molecule has 12 heteroatoms. The van der Waals surface area contributed by atoms with Gasteiger partial charge >= 0.3 is 5.97 Å². The Morgan fingerprint density at radius 1 is 1.38 bits per heavy atom. The molecule has 0 spiro atoms. The maximum atomic E-state index is 12.8. The van der Waals surface area contributed by atoms with Crippen molar-refractivity contribution in [2.75, 3.05) is 13.1 Å². The van der Waals surface area contributed by atoms with E-state index in [0.717, 1.165) is 0 Å². The number of amides is 3. The Kier molecular flexibility index (Phi) is 7.67. The molecule has 1 saturated heterocycles. The van der Waals surface area contributed by atoms with Crippen molar-refractivity contribution in [1.82, 2.24) is 25.5 Å². The largest absolute Gasteiger partial charge is 0.480 e. The summed E-state index contributed by atoms with van der Waals surface area (Å²) in [6.45, 7) is 1.40. The molecule has 0 saturated carbocycles. The monoisotopic (exact) mass is 410 g/mol. The molecule has 12 nitrogen and oxygen atoms in total. The fourth-order valence-electron chi connectivity index (χ4n) is 3.19. The van der Waals surface area contributed by atoms with Crippen LogP contribution in [-0.2, 0) is 25.6 Å². The number of aliphatic carboxylic acids is 1. The molecular formula is C17H26N6O6. The number of rotatable bonds is 9. The van der Waals surface area contributed by atoms with E-state index in [-0.39, 0.29) is 18.9 Å². The number of aliphatic hydroxyl groups is 1. The number of aromatic nitrogens is 2. The Bertz CT molecular complexity index is 737. The van der Waals surface area contributed by atoms with Crippen LogP contribution in [0, 0.1) is 0 Å². The summed E-state index contributed by atoms with van der Waals surface area (Å²) in [5.41, 5.74) is 5.93. The van der Waals surface area contributed by atoms with Gasteiger partial charge in [-0.25, -0.2) is 9.78 Å². The van der Waals surface area contributed by atoms with Crippen LogP contribution in [0.5, 0.6) is 0 Å². The summed E-state index contributed by atoms with van der Waals surface area (Å²) >= 11 is 0. The lowest BCUT2D eigenvalue weighted by Gasteiger charge is -2.27. The van der Waals surface area contributed by atoms with Crippen molar-refractivity contribution in [3.8, 4) is 0 Å². The van der Waals surface area contributed by atoms with Crippen LogP contribution in [0.2, 0.25) is 0 Å². The first-order valence-electron chi connectivity index (χ1n) is 9.23. The number of hydrogen-bond acceptors (Lipinski definition) is 7. The number of carboxylic acids is 1. The minimum Gasteiger partial charge on any atom is -0.480 e. The molecule has 29 heavy (non-hydrogen) atoms. The van der Waals surface area contributed by atoms with Crippen molar-refractivity contribution in [3.05, 3.63) is 18.2 Å². The van der Waals surface area contributed by atoms with Crippen LogP contribution in [0.15, 0.2) is 12.5 Å². The third-order valence-corrected chi connectivity index (χ3v) is 4.71. The average Bonchev–Trinajstić information content (AvgIpc) is 3.35. The maximum absolute atomic E-state index is 12.8. The number of nitrogens with two attached hydrogens (primary N) is 1. The molecule has 1 fully saturated rings. The zero-order valence-electron chi connectivity index (χ0n) is 16.0. The number of hydrogen-bond donors (Lipinski definition) is 6. The molecule has 0 aromatic carbocycles. The minimum absolute atomic E-state index is 0.0152. The Balaban J connectivity index is 2.15. The smallest absolute Gasteiger partial charge is 0.328 e. The number of carboxylic acid groups (broad SMARTS) is 1. The molecule has 1 aliphatic rings. The van der Waals surface area contributed by atoms with Gasteiger partial charge < -0.3 is 36.5 Å². The lowest BCUT2D eigenvalue weighted by Crippen LogP contribution is -2.58. The van der Waals surface area contributed by atoms with Crippen molar-refractivity contribution in [1.29, 1.82) is 0 Å². The predicted octanol–water partition coefficient (Wildman–Crippen LogP) is -2.66. The highest BCUT2D eigenvalue weighted by atomic mass is 16.4. The van der Waals surface area contributed by atoms with Gasteiger partial charge in [0, 0.05) is 24.9 Å². The van der Waals surface area contributed by atoms with Gasteiger partial charge in [-0.15, -0.1) is 0 Å². The molecule has 3 amide bonds. The molecule has 1 aromatic rings. The first-order chi connectivity index (χ1) is 13.7. The van der Waals surface area contributed by atoms with Gasteiger partial charge in [0.05, 0.1) is 19.0 Å². The molecule has 0 bridgehead atoms. The first kappa shape index (κ1) is 22.3. The minimum atomic E-state index is -1.54. The SMILES string of the molecule is CC(O)C(NC(=O)C(Cc1cnc[nH]1)NC(=O)C1CCCN1C(=O)CN)C(=O)O. The maximum Gasteiger partial charge on any atom is 0.328 e. The highest BCUT2D eigenvalue weighted by Crippen LogP contribution is 2.17. The van der Waals surface area contributed by atoms with E-state index in [4.69, 9.17) is 5.73 Å². The number of nitrogens with zero attached hydrogens (tertiary/aromatic N) is 2. The van der Waals surface area contributed by atoms with E-state index in [9.17, 15) is 29.4 Å². The highest BCUT2D eigenvalue weighted by molar-refractivity contribution is 5.94. The van der Waals surface area contributed by atoms with Crippen LogP contribution in [0.4, 0.5) is 0 Å². The van der Waals surface area contributed by atoms with Crippen LogP contribution < -0.4 is 16.4 Å². The fourth-order valence-corrected chi connectivity index (χ4v) is 3.19. The molecule has 7 N–H and O–H groups in total. The van der Waals surface area contributed by atoms with Crippen LogP contribution in [0.1, 0.15) is 25.5 Å². The molecule has 4 unspecified atom stereocenters. The van der Waals surface area contributed by atoms with E-state index in [1.165, 1.54) is 24.3 Å².